The van der Waals surface area contributed by atoms with E-state index in [1.165, 1.54) is 0 Å². The number of hydrogen-bond acceptors (Lipinski definition) is 3. The largest absolute Gasteiger partial charge is 0.320 e. The van der Waals surface area contributed by atoms with Gasteiger partial charge in [0.25, 0.3) is 0 Å². The number of hydrogen-bond donors (Lipinski definition) is 1. The Kier molecular flexibility index (Phi) is 5.41. The SMILES string of the molecule is CNCCCS(=O)(=O)N1CC(C)CC(C)C1C. The minimum absolute atomic E-state index is 0.144. The summed E-state index contributed by atoms with van der Waals surface area (Å²) in [4.78, 5) is 0. The average molecular weight is 262 g/mol. The summed E-state index contributed by atoms with van der Waals surface area (Å²) in [6.07, 6.45) is 1.81. The van der Waals surface area contributed by atoms with E-state index in [4.69, 9.17) is 0 Å². The lowest BCUT2D eigenvalue weighted by atomic mass is 9.88. The highest BCUT2D eigenvalue weighted by atomic mass is 32.2. The summed E-state index contributed by atoms with van der Waals surface area (Å²) in [6.45, 7) is 7.76. The minimum atomic E-state index is -3.08. The summed E-state index contributed by atoms with van der Waals surface area (Å²) < 4.78 is 26.2. The first kappa shape index (κ1) is 14.9. The van der Waals surface area contributed by atoms with Crippen LogP contribution in [0, 0.1) is 11.8 Å². The van der Waals surface area contributed by atoms with Crippen molar-refractivity contribution in [1.82, 2.24) is 9.62 Å². The van der Waals surface area contributed by atoms with Gasteiger partial charge in [0.2, 0.25) is 10.0 Å². The van der Waals surface area contributed by atoms with Crippen molar-refractivity contribution in [3.05, 3.63) is 0 Å². The molecule has 0 spiro atoms. The summed E-state index contributed by atoms with van der Waals surface area (Å²) in [5.74, 6) is 1.19. The second-order valence-electron chi connectivity index (χ2n) is 5.40. The third-order valence-electron chi connectivity index (χ3n) is 3.73. The molecule has 0 aromatic carbocycles. The van der Waals surface area contributed by atoms with Crippen LogP contribution in [0.4, 0.5) is 0 Å². The van der Waals surface area contributed by atoms with E-state index in [0.717, 1.165) is 13.0 Å². The Morgan fingerprint density at radius 3 is 2.53 bits per heavy atom. The lowest BCUT2D eigenvalue weighted by molar-refractivity contribution is 0.157. The molecule has 0 aliphatic carbocycles. The quantitative estimate of drug-likeness (QED) is 0.760. The van der Waals surface area contributed by atoms with Crippen molar-refractivity contribution in [2.45, 2.75) is 39.7 Å². The highest BCUT2D eigenvalue weighted by Gasteiger charge is 2.35. The molecule has 0 radical (unpaired) electrons. The monoisotopic (exact) mass is 262 g/mol. The first-order valence-electron chi connectivity index (χ1n) is 6.52. The van der Waals surface area contributed by atoms with Crippen LogP contribution in [0.15, 0.2) is 0 Å². The second-order valence-corrected chi connectivity index (χ2v) is 7.44. The van der Waals surface area contributed by atoms with Crippen molar-refractivity contribution in [2.24, 2.45) is 11.8 Å². The van der Waals surface area contributed by atoms with Gasteiger partial charge in [0, 0.05) is 12.6 Å². The molecule has 1 heterocycles. The van der Waals surface area contributed by atoms with Crippen molar-refractivity contribution in [2.75, 3.05) is 25.9 Å². The van der Waals surface area contributed by atoms with Gasteiger partial charge >= 0.3 is 0 Å². The van der Waals surface area contributed by atoms with Gasteiger partial charge in [0.05, 0.1) is 5.75 Å². The Balaban J connectivity index is 2.68. The maximum Gasteiger partial charge on any atom is 0.214 e. The molecule has 3 atom stereocenters. The normalized spacial score (nSPS) is 31.6. The Hall–Kier alpha value is -0.130. The van der Waals surface area contributed by atoms with Crippen molar-refractivity contribution in [3.63, 3.8) is 0 Å². The van der Waals surface area contributed by atoms with E-state index in [-0.39, 0.29) is 11.8 Å². The molecule has 0 aromatic rings. The molecule has 1 aliphatic rings. The number of nitrogens with one attached hydrogen (secondary N) is 1. The van der Waals surface area contributed by atoms with E-state index in [1.807, 2.05) is 14.0 Å². The molecule has 1 N–H and O–H groups in total. The Labute approximate surface area is 106 Å². The number of rotatable bonds is 5. The Morgan fingerprint density at radius 2 is 1.94 bits per heavy atom. The van der Waals surface area contributed by atoms with Crippen LogP contribution < -0.4 is 5.32 Å². The molecule has 1 fully saturated rings. The summed E-state index contributed by atoms with van der Waals surface area (Å²) in [5, 5.41) is 2.99. The van der Waals surface area contributed by atoms with Gasteiger partial charge in [-0.15, -0.1) is 0 Å². The van der Waals surface area contributed by atoms with Gasteiger partial charge in [-0.25, -0.2) is 8.42 Å². The Bertz CT molecular complexity index is 329. The lowest BCUT2D eigenvalue weighted by Gasteiger charge is -2.40. The molecule has 17 heavy (non-hydrogen) atoms. The van der Waals surface area contributed by atoms with Crippen LogP contribution >= 0.6 is 0 Å². The fraction of sp³-hybridized carbons (Fsp3) is 1.00. The van der Waals surface area contributed by atoms with E-state index < -0.39 is 10.0 Å². The van der Waals surface area contributed by atoms with Gasteiger partial charge in [-0.3, -0.25) is 0 Å². The van der Waals surface area contributed by atoms with Crippen molar-refractivity contribution < 1.29 is 8.42 Å². The van der Waals surface area contributed by atoms with E-state index in [1.54, 1.807) is 4.31 Å². The molecule has 102 valence electrons. The second kappa shape index (κ2) is 6.16. The third-order valence-corrected chi connectivity index (χ3v) is 5.73. The van der Waals surface area contributed by atoms with Crippen LogP contribution in [0.5, 0.6) is 0 Å². The summed E-state index contributed by atoms with van der Waals surface area (Å²) in [7, 11) is -1.23. The summed E-state index contributed by atoms with van der Waals surface area (Å²) in [5.41, 5.74) is 0. The van der Waals surface area contributed by atoms with E-state index in [2.05, 4.69) is 19.2 Å². The van der Waals surface area contributed by atoms with Gasteiger partial charge in [-0.1, -0.05) is 13.8 Å². The number of nitrogens with zero attached hydrogens (tertiary/aromatic N) is 1. The van der Waals surface area contributed by atoms with E-state index in [0.29, 0.717) is 24.8 Å². The molecule has 4 nitrogen and oxygen atoms in total. The molecule has 0 aromatic heterocycles. The van der Waals surface area contributed by atoms with Crippen LogP contribution in [0.3, 0.4) is 0 Å². The molecule has 1 rings (SSSR count). The first-order valence-corrected chi connectivity index (χ1v) is 8.13. The standard InChI is InChI=1S/C12H26N2O2S/c1-10-8-11(2)12(3)14(9-10)17(15,16)7-5-6-13-4/h10-13H,5-9H2,1-4H3. The van der Waals surface area contributed by atoms with Gasteiger partial charge in [-0.05, 0) is 45.2 Å². The van der Waals surface area contributed by atoms with Crippen LogP contribution in [-0.2, 0) is 10.0 Å². The zero-order valence-electron chi connectivity index (χ0n) is 11.4. The fourth-order valence-electron chi connectivity index (χ4n) is 2.58. The maximum absolute atomic E-state index is 12.3. The molecule has 0 amide bonds. The van der Waals surface area contributed by atoms with Crippen molar-refractivity contribution >= 4 is 10.0 Å². The molecular weight excluding hydrogens is 236 g/mol. The molecule has 0 bridgehead atoms. The average Bonchev–Trinajstić information content (AvgIpc) is 2.23. The highest BCUT2D eigenvalue weighted by Crippen LogP contribution is 2.29. The zero-order valence-corrected chi connectivity index (χ0v) is 12.3. The summed E-state index contributed by atoms with van der Waals surface area (Å²) >= 11 is 0. The van der Waals surface area contributed by atoms with Gasteiger partial charge in [0.15, 0.2) is 0 Å². The van der Waals surface area contributed by atoms with Crippen LogP contribution in [0.1, 0.15) is 33.6 Å². The minimum Gasteiger partial charge on any atom is -0.320 e. The fourth-order valence-corrected chi connectivity index (χ4v) is 4.52. The van der Waals surface area contributed by atoms with Gasteiger partial charge in [-0.2, -0.15) is 4.31 Å². The number of sulfonamides is 1. The van der Waals surface area contributed by atoms with Crippen LogP contribution in [0.2, 0.25) is 0 Å². The van der Waals surface area contributed by atoms with Crippen LogP contribution in [-0.4, -0.2) is 44.7 Å². The molecular formula is C12H26N2O2S. The first-order chi connectivity index (χ1) is 7.88. The van der Waals surface area contributed by atoms with Crippen molar-refractivity contribution in [1.29, 1.82) is 0 Å². The zero-order chi connectivity index (χ0) is 13.1. The van der Waals surface area contributed by atoms with E-state index in [9.17, 15) is 8.42 Å². The molecule has 5 heteroatoms. The maximum atomic E-state index is 12.3. The van der Waals surface area contributed by atoms with Crippen LogP contribution in [0.25, 0.3) is 0 Å². The topological polar surface area (TPSA) is 49.4 Å². The predicted molar refractivity (Wildman–Crippen MR) is 71.4 cm³/mol. The number of piperidine rings is 1. The third kappa shape index (κ3) is 3.93. The Morgan fingerprint density at radius 1 is 1.29 bits per heavy atom. The van der Waals surface area contributed by atoms with Gasteiger partial charge in [0.1, 0.15) is 0 Å². The predicted octanol–water partition coefficient (Wildman–Crippen LogP) is 1.29. The highest BCUT2D eigenvalue weighted by molar-refractivity contribution is 7.89. The molecule has 3 unspecified atom stereocenters. The smallest absolute Gasteiger partial charge is 0.214 e. The summed E-state index contributed by atoms with van der Waals surface area (Å²) in [6, 6.07) is 0.144. The van der Waals surface area contributed by atoms with E-state index >= 15 is 0 Å². The van der Waals surface area contributed by atoms with Gasteiger partial charge < -0.3 is 5.32 Å². The molecule has 1 saturated heterocycles. The lowest BCUT2D eigenvalue weighted by Crippen LogP contribution is -2.49. The molecule has 0 saturated carbocycles. The molecule has 1 aliphatic heterocycles. The van der Waals surface area contributed by atoms with Crippen molar-refractivity contribution in [3.8, 4) is 0 Å².